The summed E-state index contributed by atoms with van der Waals surface area (Å²) >= 11 is 0. The molecule has 0 aliphatic carbocycles. The number of hydrogen-bond donors (Lipinski definition) is 2. The van der Waals surface area contributed by atoms with E-state index in [0.717, 1.165) is 18.8 Å². The molecule has 2 aliphatic heterocycles. The Balaban J connectivity index is 1.52. The molecule has 2 fully saturated rings. The second-order valence-corrected chi connectivity index (χ2v) is 8.53. The van der Waals surface area contributed by atoms with E-state index in [0.29, 0.717) is 62.5 Å². The minimum Gasteiger partial charge on any atom is -0.453 e. The molecule has 10 heteroatoms. The molecule has 4 rings (SSSR count). The van der Waals surface area contributed by atoms with Crippen molar-refractivity contribution < 1.29 is 23.5 Å². The van der Waals surface area contributed by atoms with Crippen LogP contribution in [0.1, 0.15) is 27.1 Å². The lowest BCUT2D eigenvalue weighted by Crippen LogP contribution is -2.46. The predicted octanol–water partition coefficient (Wildman–Crippen LogP) is 2.40. The van der Waals surface area contributed by atoms with Gasteiger partial charge in [0.1, 0.15) is 5.82 Å². The molecular weight excluding hydrogens is 453 g/mol. The standard InChI is InChI=1S/C25H30FN5O4/c1-35-25(34)28-21-17-19(24(33)31-13-9-27-10-14-31)5-8-22(21)29-11-2-12-30(16-15-29)23(32)18-3-6-20(26)7-4-18/h3-8,17,27H,2,9-16H2,1H3,(H,28,34). The number of nitrogens with one attached hydrogen (secondary N) is 2. The third-order valence-corrected chi connectivity index (χ3v) is 6.28. The average Bonchev–Trinajstić information content (AvgIpc) is 3.15. The number of halogens is 1. The lowest BCUT2D eigenvalue weighted by Gasteiger charge is -2.29. The van der Waals surface area contributed by atoms with Crippen LogP contribution in [0.5, 0.6) is 0 Å². The van der Waals surface area contributed by atoms with Crippen molar-refractivity contribution in [1.29, 1.82) is 0 Å². The zero-order chi connectivity index (χ0) is 24.8. The predicted molar refractivity (Wildman–Crippen MR) is 130 cm³/mol. The Kier molecular flexibility index (Phi) is 7.81. The monoisotopic (exact) mass is 483 g/mol. The lowest BCUT2D eigenvalue weighted by atomic mass is 10.1. The summed E-state index contributed by atoms with van der Waals surface area (Å²) in [5.41, 5.74) is 2.17. The molecule has 2 N–H and O–H groups in total. The first-order valence-corrected chi connectivity index (χ1v) is 11.7. The largest absolute Gasteiger partial charge is 0.453 e. The van der Waals surface area contributed by atoms with Crippen molar-refractivity contribution in [2.45, 2.75) is 6.42 Å². The summed E-state index contributed by atoms with van der Waals surface area (Å²) in [5.74, 6) is -0.609. The van der Waals surface area contributed by atoms with Gasteiger partial charge in [0.05, 0.1) is 18.5 Å². The van der Waals surface area contributed by atoms with E-state index in [9.17, 15) is 18.8 Å². The summed E-state index contributed by atoms with van der Waals surface area (Å²) in [6.07, 6.45) is 0.0902. The quantitative estimate of drug-likeness (QED) is 0.694. The minimum absolute atomic E-state index is 0.0853. The molecule has 0 atom stereocenters. The van der Waals surface area contributed by atoms with Crippen LogP contribution in [0.3, 0.4) is 0 Å². The number of piperazine rings is 1. The molecule has 9 nitrogen and oxygen atoms in total. The van der Waals surface area contributed by atoms with Gasteiger partial charge in [0.15, 0.2) is 0 Å². The summed E-state index contributed by atoms with van der Waals surface area (Å²) < 4.78 is 18.0. The number of benzene rings is 2. The SMILES string of the molecule is COC(=O)Nc1cc(C(=O)N2CCNCC2)ccc1N1CCCN(C(=O)c2ccc(F)cc2)CC1. The number of carbonyl (C=O) groups is 3. The lowest BCUT2D eigenvalue weighted by molar-refractivity contribution is 0.0734. The number of anilines is 2. The fourth-order valence-electron chi connectivity index (χ4n) is 4.39. The van der Waals surface area contributed by atoms with E-state index < -0.39 is 6.09 Å². The van der Waals surface area contributed by atoms with Gasteiger partial charge < -0.3 is 24.8 Å². The van der Waals surface area contributed by atoms with Crippen LogP contribution in [0.4, 0.5) is 20.6 Å². The summed E-state index contributed by atoms with van der Waals surface area (Å²) in [7, 11) is 1.29. The van der Waals surface area contributed by atoms with Crippen molar-refractivity contribution in [2.75, 3.05) is 69.7 Å². The first-order valence-electron chi connectivity index (χ1n) is 11.7. The first-order chi connectivity index (χ1) is 17.0. The molecule has 0 bridgehead atoms. The highest BCUT2D eigenvalue weighted by Gasteiger charge is 2.24. The Hall–Kier alpha value is -3.66. The van der Waals surface area contributed by atoms with Gasteiger partial charge in [-0.3, -0.25) is 14.9 Å². The number of amides is 3. The molecule has 2 saturated heterocycles. The zero-order valence-corrected chi connectivity index (χ0v) is 19.8. The molecule has 2 heterocycles. The number of nitrogens with zero attached hydrogens (tertiary/aromatic N) is 3. The second kappa shape index (κ2) is 11.2. The Labute approximate surface area is 203 Å². The number of hydrogen-bond acceptors (Lipinski definition) is 6. The van der Waals surface area contributed by atoms with Crippen molar-refractivity contribution >= 4 is 29.3 Å². The van der Waals surface area contributed by atoms with Crippen LogP contribution in [0.25, 0.3) is 0 Å². The number of rotatable bonds is 4. The first kappa shape index (κ1) is 24.5. The van der Waals surface area contributed by atoms with Crippen molar-refractivity contribution in [1.82, 2.24) is 15.1 Å². The van der Waals surface area contributed by atoms with Gasteiger partial charge in [-0.05, 0) is 48.9 Å². The molecule has 0 saturated carbocycles. The molecule has 186 valence electrons. The fourth-order valence-corrected chi connectivity index (χ4v) is 4.39. The molecule has 0 spiro atoms. The average molecular weight is 484 g/mol. The van der Waals surface area contributed by atoms with E-state index in [1.165, 1.54) is 31.4 Å². The highest BCUT2D eigenvalue weighted by Crippen LogP contribution is 2.29. The summed E-state index contributed by atoms with van der Waals surface area (Å²) in [6.45, 7) is 4.98. The fraction of sp³-hybridized carbons (Fsp3) is 0.400. The number of ether oxygens (including phenoxy) is 1. The number of carbonyl (C=O) groups excluding carboxylic acids is 3. The van der Waals surface area contributed by atoms with E-state index in [2.05, 4.69) is 15.5 Å². The summed E-state index contributed by atoms with van der Waals surface area (Å²) in [6, 6.07) is 10.8. The topological polar surface area (TPSA) is 94.2 Å². The van der Waals surface area contributed by atoms with Crippen LogP contribution in [0.2, 0.25) is 0 Å². The van der Waals surface area contributed by atoms with E-state index in [1.807, 2.05) is 6.07 Å². The smallest absolute Gasteiger partial charge is 0.411 e. The van der Waals surface area contributed by atoms with Crippen LogP contribution < -0.4 is 15.5 Å². The Morgan fingerprint density at radius 2 is 1.51 bits per heavy atom. The van der Waals surface area contributed by atoms with E-state index in [-0.39, 0.29) is 17.6 Å². The van der Waals surface area contributed by atoms with E-state index in [1.54, 1.807) is 21.9 Å². The molecule has 0 radical (unpaired) electrons. The van der Waals surface area contributed by atoms with Gasteiger partial charge in [-0.15, -0.1) is 0 Å². The van der Waals surface area contributed by atoms with Crippen molar-refractivity contribution in [2.24, 2.45) is 0 Å². The molecule has 2 aromatic rings. The molecule has 2 aliphatic rings. The Morgan fingerprint density at radius 1 is 0.857 bits per heavy atom. The van der Waals surface area contributed by atoms with Gasteiger partial charge in [-0.25, -0.2) is 9.18 Å². The van der Waals surface area contributed by atoms with Crippen molar-refractivity contribution in [3.8, 4) is 0 Å². The molecule has 35 heavy (non-hydrogen) atoms. The van der Waals surface area contributed by atoms with Crippen LogP contribution >= 0.6 is 0 Å². The third-order valence-electron chi connectivity index (χ3n) is 6.28. The van der Waals surface area contributed by atoms with Crippen molar-refractivity contribution in [3.63, 3.8) is 0 Å². The maximum Gasteiger partial charge on any atom is 0.411 e. The van der Waals surface area contributed by atoms with Gasteiger partial charge in [0, 0.05) is 63.5 Å². The zero-order valence-electron chi connectivity index (χ0n) is 19.8. The minimum atomic E-state index is -0.624. The van der Waals surface area contributed by atoms with Crippen LogP contribution in [-0.4, -0.2) is 87.2 Å². The van der Waals surface area contributed by atoms with Gasteiger partial charge >= 0.3 is 6.09 Å². The highest BCUT2D eigenvalue weighted by molar-refractivity contribution is 5.99. The third kappa shape index (κ3) is 5.89. The normalized spacial score (nSPS) is 16.5. The van der Waals surface area contributed by atoms with Gasteiger partial charge in [0.25, 0.3) is 11.8 Å². The van der Waals surface area contributed by atoms with Crippen molar-refractivity contribution in [3.05, 3.63) is 59.4 Å². The van der Waals surface area contributed by atoms with E-state index >= 15 is 0 Å². The molecule has 3 amide bonds. The molecule has 0 unspecified atom stereocenters. The van der Waals surface area contributed by atoms with Gasteiger partial charge in [-0.2, -0.15) is 0 Å². The molecule has 0 aromatic heterocycles. The van der Waals surface area contributed by atoms with Crippen LogP contribution in [0.15, 0.2) is 42.5 Å². The maximum atomic E-state index is 13.2. The Bertz CT molecular complexity index is 1070. The highest BCUT2D eigenvalue weighted by atomic mass is 19.1. The van der Waals surface area contributed by atoms with Gasteiger partial charge in [-0.1, -0.05) is 0 Å². The summed E-state index contributed by atoms with van der Waals surface area (Å²) in [5, 5.41) is 5.97. The maximum absolute atomic E-state index is 13.2. The second-order valence-electron chi connectivity index (χ2n) is 8.53. The summed E-state index contributed by atoms with van der Waals surface area (Å²) in [4.78, 5) is 43.6. The van der Waals surface area contributed by atoms with E-state index in [4.69, 9.17) is 4.74 Å². The molecular formula is C25H30FN5O4. The van der Waals surface area contributed by atoms with Crippen LogP contribution in [-0.2, 0) is 4.74 Å². The van der Waals surface area contributed by atoms with Gasteiger partial charge in [0.2, 0.25) is 0 Å². The number of methoxy groups -OCH3 is 1. The van der Waals surface area contributed by atoms with Crippen LogP contribution in [0, 0.1) is 5.82 Å². The Morgan fingerprint density at radius 3 is 2.23 bits per heavy atom. The molecule has 2 aromatic carbocycles.